The predicted molar refractivity (Wildman–Crippen MR) is 70.7 cm³/mol. The van der Waals surface area contributed by atoms with E-state index >= 15 is 0 Å². The second-order valence-corrected chi connectivity index (χ2v) is 5.76. The number of carbonyl (C=O) groups is 1. The van der Waals surface area contributed by atoms with Crippen LogP contribution in [0.15, 0.2) is 0 Å². The van der Waals surface area contributed by atoms with Crippen molar-refractivity contribution in [3.63, 3.8) is 0 Å². The summed E-state index contributed by atoms with van der Waals surface area (Å²) in [5.74, 6) is 0.605. The molecule has 0 saturated carbocycles. The second-order valence-electron chi connectivity index (χ2n) is 5.76. The molecule has 0 aromatic carbocycles. The molecular weight excluding hydrogens is 214 g/mol. The lowest BCUT2D eigenvalue weighted by Crippen LogP contribution is -2.59. The van der Waals surface area contributed by atoms with Crippen molar-refractivity contribution >= 4 is 5.91 Å². The van der Waals surface area contributed by atoms with Crippen molar-refractivity contribution < 1.29 is 4.79 Å². The molecule has 0 bridgehead atoms. The summed E-state index contributed by atoms with van der Waals surface area (Å²) in [7, 11) is 2.12. The number of rotatable bonds is 4. The normalized spacial score (nSPS) is 22.5. The molecule has 0 spiro atoms. The third-order valence-corrected chi connectivity index (χ3v) is 4.04. The van der Waals surface area contributed by atoms with Crippen LogP contribution in [0, 0.1) is 5.92 Å². The first-order valence-electron chi connectivity index (χ1n) is 6.59. The molecule has 1 saturated heterocycles. The lowest BCUT2D eigenvalue weighted by molar-refractivity contribution is -0.136. The van der Waals surface area contributed by atoms with Crippen LogP contribution >= 0.6 is 0 Å². The number of piperazine rings is 1. The Hall–Kier alpha value is -0.610. The minimum Gasteiger partial charge on any atom is -0.340 e. The zero-order valence-corrected chi connectivity index (χ0v) is 11.7. The molecule has 0 radical (unpaired) electrons. The van der Waals surface area contributed by atoms with Gasteiger partial charge < -0.3 is 10.6 Å². The Morgan fingerprint density at radius 2 is 2.06 bits per heavy atom. The van der Waals surface area contributed by atoms with Crippen molar-refractivity contribution in [2.75, 3.05) is 33.2 Å². The highest BCUT2D eigenvalue weighted by molar-refractivity contribution is 5.76. The van der Waals surface area contributed by atoms with Crippen LogP contribution in [0.2, 0.25) is 0 Å². The van der Waals surface area contributed by atoms with Crippen LogP contribution in [0.4, 0.5) is 0 Å². The van der Waals surface area contributed by atoms with Gasteiger partial charge in [0.25, 0.3) is 0 Å². The molecule has 1 amide bonds. The molecule has 1 rings (SSSR count). The number of likely N-dealkylation sites (N-methyl/N-ethyl adjacent to an activating group) is 1. The van der Waals surface area contributed by atoms with Crippen LogP contribution in [-0.2, 0) is 4.79 Å². The van der Waals surface area contributed by atoms with Crippen molar-refractivity contribution in [2.24, 2.45) is 11.7 Å². The summed E-state index contributed by atoms with van der Waals surface area (Å²) in [6.07, 6.45) is 1.59. The molecule has 100 valence electrons. The molecule has 1 heterocycles. The molecule has 1 fully saturated rings. The topological polar surface area (TPSA) is 49.6 Å². The zero-order chi connectivity index (χ0) is 13.1. The van der Waals surface area contributed by atoms with Gasteiger partial charge in [0.1, 0.15) is 0 Å². The van der Waals surface area contributed by atoms with E-state index in [0.29, 0.717) is 18.9 Å². The summed E-state index contributed by atoms with van der Waals surface area (Å²) in [4.78, 5) is 16.5. The van der Waals surface area contributed by atoms with Gasteiger partial charge in [-0.25, -0.2) is 0 Å². The molecule has 1 unspecified atom stereocenters. The molecule has 1 atom stereocenters. The largest absolute Gasteiger partial charge is 0.340 e. The van der Waals surface area contributed by atoms with Crippen molar-refractivity contribution in [3.05, 3.63) is 0 Å². The second kappa shape index (κ2) is 5.83. The van der Waals surface area contributed by atoms with Gasteiger partial charge in [0, 0.05) is 31.6 Å². The molecule has 0 aromatic rings. The fourth-order valence-corrected chi connectivity index (χ4v) is 2.22. The van der Waals surface area contributed by atoms with Crippen molar-refractivity contribution in [1.29, 1.82) is 0 Å². The minimum absolute atomic E-state index is 0.0817. The van der Waals surface area contributed by atoms with E-state index < -0.39 is 0 Å². The summed E-state index contributed by atoms with van der Waals surface area (Å²) >= 11 is 0. The van der Waals surface area contributed by atoms with E-state index in [2.05, 4.69) is 32.7 Å². The third kappa shape index (κ3) is 3.68. The van der Waals surface area contributed by atoms with Gasteiger partial charge in [0.15, 0.2) is 0 Å². The van der Waals surface area contributed by atoms with Crippen LogP contribution in [0.25, 0.3) is 0 Å². The summed E-state index contributed by atoms with van der Waals surface area (Å²) in [6.45, 7) is 9.71. The van der Waals surface area contributed by atoms with E-state index in [4.69, 9.17) is 5.73 Å². The number of carbonyl (C=O) groups excluding carboxylic acids is 1. The maximum Gasteiger partial charge on any atom is 0.223 e. The summed E-state index contributed by atoms with van der Waals surface area (Å²) < 4.78 is 0. The fourth-order valence-electron chi connectivity index (χ4n) is 2.22. The maximum atomic E-state index is 12.2. The Bertz CT molecular complexity index is 261. The molecule has 17 heavy (non-hydrogen) atoms. The Balaban J connectivity index is 2.53. The average molecular weight is 241 g/mol. The number of hydrogen-bond donors (Lipinski definition) is 1. The maximum absolute atomic E-state index is 12.2. The first-order chi connectivity index (χ1) is 7.90. The van der Waals surface area contributed by atoms with Gasteiger partial charge in [-0.15, -0.1) is 0 Å². The summed E-state index contributed by atoms with van der Waals surface area (Å²) in [5, 5.41) is 0. The molecule has 4 nitrogen and oxygen atoms in total. The van der Waals surface area contributed by atoms with Crippen LogP contribution < -0.4 is 5.73 Å². The van der Waals surface area contributed by atoms with Gasteiger partial charge in [-0.3, -0.25) is 9.69 Å². The highest BCUT2D eigenvalue weighted by Gasteiger charge is 2.33. The van der Waals surface area contributed by atoms with Crippen molar-refractivity contribution in [3.8, 4) is 0 Å². The Labute approximate surface area is 105 Å². The average Bonchev–Trinajstić information content (AvgIpc) is 2.29. The van der Waals surface area contributed by atoms with Gasteiger partial charge in [-0.2, -0.15) is 0 Å². The van der Waals surface area contributed by atoms with Gasteiger partial charge in [-0.1, -0.05) is 13.3 Å². The van der Waals surface area contributed by atoms with E-state index in [1.165, 1.54) is 0 Å². The monoisotopic (exact) mass is 241 g/mol. The van der Waals surface area contributed by atoms with Gasteiger partial charge in [-0.05, 0) is 33.4 Å². The number of nitrogens with zero attached hydrogens (tertiary/aromatic N) is 2. The Morgan fingerprint density at radius 3 is 2.53 bits per heavy atom. The molecule has 1 aliphatic heterocycles. The van der Waals surface area contributed by atoms with Gasteiger partial charge in [0.2, 0.25) is 5.91 Å². The lowest BCUT2D eigenvalue weighted by Gasteiger charge is -2.45. The highest BCUT2D eigenvalue weighted by atomic mass is 16.2. The van der Waals surface area contributed by atoms with Crippen molar-refractivity contribution in [1.82, 2.24) is 9.80 Å². The first kappa shape index (κ1) is 14.5. The van der Waals surface area contributed by atoms with E-state index in [-0.39, 0.29) is 11.4 Å². The first-order valence-corrected chi connectivity index (χ1v) is 6.59. The van der Waals surface area contributed by atoms with E-state index in [1.807, 2.05) is 4.90 Å². The lowest BCUT2D eigenvalue weighted by atomic mass is 9.97. The molecule has 1 aliphatic rings. The summed E-state index contributed by atoms with van der Waals surface area (Å²) in [5.41, 5.74) is 5.74. The third-order valence-electron chi connectivity index (χ3n) is 4.04. The van der Waals surface area contributed by atoms with Crippen LogP contribution in [0.1, 0.15) is 33.6 Å². The minimum atomic E-state index is 0.0817. The molecule has 0 aromatic heterocycles. The molecule has 4 heteroatoms. The number of amides is 1. The highest BCUT2D eigenvalue weighted by Crippen LogP contribution is 2.20. The smallest absolute Gasteiger partial charge is 0.223 e. The fraction of sp³-hybridized carbons (Fsp3) is 0.923. The van der Waals surface area contributed by atoms with E-state index in [1.54, 1.807) is 0 Å². The number of nitrogens with two attached hydrogens (primary N) is 1. The van der Waals surface area contributed by atoms with Crippen LogP contribution in [0.3, 0.4) is 0 Å². The molecular formula is C13H27N3O. The standard InChI is InChI=1S/C13H27N3O/c1-5-11(9-14)8-12(17)16-7-6-15(4)13(2,3)10-16/h11H,5-10,14H2,1-4H3. The van der Waals surface area contributed by atoms with E-state index in [0.717, 1.165) is 26.1 Å². The zero-order valence-electron chi connectivity index (χ0n) is 11.7. The van der Waals surface area contributed by atoms with E-state index in [9.17, 15) is 4.79 Å². The Morgan fingerprint density at radius 1 is 1.41 bits per heavy atom. The van der Waals surface area contributed by atoms with Crippen molar-refractivity contribution in [2.45, 2.75) is 39.2 Å². The predicted octanol–water partition coefficient (Wildman–Crippen LogP) is 0.914. The van der Waals surface area contributed by atoms with Crippen LogP contribution in [-0.4, -0.2) is 54.5 Å². The number of hydrogen-bond acceptors (Lipinski definition) is 3. The molecule has 0 aliphatic carbocycles. The van der Waals surface area contributed by atoms with Gasteiger partial charge in [0.05, 0.1) is 0 Å². The summed E-state index contributed by atoms with van der Waals surface area (Å²) in [6, 6.07) is 0. The SMILES string of the molecule is CCC(CN)CC(=O)N1CCN(C)C(C)(C)C1. The van der Waals surface area contributed by atoms with Gasteiger partial charge >= 0.3 is 0 Å². The Kier molecular flexibility index (Phi) is 4.95. The molecule has 2 N–H and O–H groups in total. The quantitative estimate of drug-likeness (QED) is 0.796. The van der Waals surface area contributed by atoms with Crippen LogP contribution in [0.5, 0.6) is 0 Å².